The van der Waals surface area contributed by atoms with Crippen molar-refractivity contribution in [2.45, 2.75) is 52.9 Å². The van der Waals surface area contributed by atoms with Gasteiger partial charge in [-0.2, -0.15) is 0 Å². The summed E-state index contributed by atoms with van der Waals surface area (Å²) in [5.74, 6) is 0.108. The van der Waals surface area contributed by atoms with E-state index in [1.165, 1.54) is 31.2 Å². The molecule has 1 rings (SSSR count). The molecule has 0 amide bonds. The summed E-state index contributed by atoms with van der Waals surface area (Å²) in [5, 5.41) is 0. The zero-order valence-corrected chi connectivity index (χ0v) is 11.8. The smallest absolute Gasteiger partial charge is 0.152 e. The molecule has 0 unspecified atom stereocenters. The molecule has 0 fully saturated rings. The van der Waals surface area contributed by atoms with Crippen molar-refractivity contribution >= 4 is 11.4 Å². The summed E-state index contributed by atoms with van der Waals surface area (Å²) in [4.78, 5) is 11.0. The summed E-state index contributed by atoms with van der Waals surface area (Å²) >= 11 is 0. The Morgan fingerprint density at radius 3 is 2.28 bits per heavy atom. The number of hydrogen-bond acceptors (Lipinski definition) is 1. The van der Waals surface area contributed by atoms with Crippen LogP contribution in [0.1, 0.15) is 57.6 Å². The molecule has 0 aliphatic heterocycles. The molecule has 0 aliphatic carbocycles. The SMILES string of the molecule is CCCCCCc1ccc(/C(C)=C/C(C)=O)cc1. The quantitative estimate of drug-likeness (QED) is 0.497. The minimum Gasteiger partial charge on any atom is -0.295 e. The Morgan fingerprint density at radius 1 is 1.06 bits per heavy atom. The van der Waals surface area contributed by atoms with Gasteiger partial charge in [0.25, 0.3) is 0 Å². The highest BCUT2D eigenvalue weighted by Gasteiger charge is 1.98. The Morgan fingerprint density at radius 2 is 1.72 bits per heavy atom. The van der Waals surface area contributed by atoms with Crippen LogP contribution in [0, 0.1) is 0 Å². The van der Waals surface area contributed by atoms with Crippen molar-refractivity contribution in [2.24, 2.45) is 0 Å². The molecule has 1 aromatic rings. The molecule has 0 radical (unpaired) electrons. The fraction of sp³-hybridized carbons (Fsp3) is 0.471. The Kier molecular flexibility index (Phi) is 6.42. The number of rotatable bonds is 7. The van der Waals surface area contributed by atoms with Gasteiger partial charge in [-0.1, -0.05) is 50.5 Å². The summed E-state index contributed by atoms with van der Waals surface area (Å²) in [6.45, 7) is 5.81. The van der Waals surface area contributed by atoms with E-state index in [1.807, 2.05) is 6.92 Å². The van der Waals surface area contributed by atoms with Crippen LogP contribution in [0.2, 0.25) is 0 Å². The summed E-state index contributed by atoms with van der Waals surface area (Å²) in [6, 6.07) is 8.59. The molecule has 0 aromatic heterocycles. The van der Waals surface area contributed by atoms with Gasteiger partial charge in [0.1, 0.15) is 0 Å². The lowest BCUT2D eigenvalue weighted by Gasteiger charge is -2.04. The molecule has 0 atom stereocenters. The first-order valence-electron chi connectivity index (χ1n) is 6.91. The van der Waals surface area contributed by atoms with Gasteiger partial charge in [0.05, 0.1) is 0 Å². The van der Waals surface area contributed by atoms with Gasteiger partial charge in [-0.3, -0.25) is 4.79 Å². The van der Waals surface area contributed by atoms with Crippen LogP contribution in [-0.4, -0.2) is 5.78 Å². The molecule has 0 heterocycles. The predicted octanol–water partition coefficient (Wildman–Crippen LogP) is 4.80. The Bertz CT molecular complexity index is 398. The molecular formula is C17H24O. The van der Waals surface area contributed by atoms with Crippen LogP contribution in [0.4, 0.5) is 0 Å². The topological polar surface area (TPSA) is 17.1 Å². The third-order valence-corrected chi connectivity index (χ3v) is 3.15. The van der Waals surface area contributed by atoms with Crippen LogP contribution >= 0.6 is 0 Å². The molecule has 0 saturated carbocycles. The van der Waals surface area contributed by atoms with Crippen molar-refractivity contribution in [1.29, 1.82) is 0 Å². The minimum absolute atomic E-state index is 0.108. The third kappa shape index (κ3) is 5.31. The largest absolute Gasteiger partial charge is 0.295 e. The molecule has 0 aliphatic rings. The van der Waals surface area contributed by atoms with Gasteiger partial charge in [-0.25, -0.2) is 0 Å². The second-order valence-electron chi connectivity index (χ2n) is 4.95. The van der Waals surface area contributed by atoms with E-state index in [0.29, 0.717) is 0 Å². The number of carbonyl (C=O) groups is 1. The first kappa shape index (κ1) is 14.7. The van der Waals surface area contributed by atoms with Crippen LogP contribution in [0.25, 0.3) is 5.57 Å². The van der Waals surface area contributed by atoms with E-state index >= 15 is 0 Å². The van der Waals surface area contributed by atoms with Crippen molar-refractivity contribution in [3.63, 3.8) is 0 Å². The molecular weight excluding hydrogens is 220 g/mol. The molecule has 0 saturated heterocycles. The average molecular weight is 244 g/mol. The highest BCUT2D eigenvalue weighted by Crippen LogP contribution is 2.16. The average Bonchev–Trinajstić information content (AvgIpc) is 2.34. The van der Waals surface area contributed by atoms with Gasteiger partial charge in [0, 0.05) is 0 Å². The summed E-state index contributed by atoms with van der Waals surface area (Å²) < 4.78 is 0. The van der Waals surface area contributed by atoms with E-state index in [2.05, 4.69) is 31.2 Å². The molecule has 98 valence electrons. The predicted molar refractivity (Wildman–Crippen MR) is 78.6 cm³/mol. The van der Waals surface area contributed by atoms with Gasteiger partial charge >= 0.3 is 0 Å². The summed E-state index contributed by atoms with van der Waals surface area (Å²) in [5.41, 5.74) is 3.58. The zero-order chi connectivity index (χ0) is 13.4. The zero-order valence-electron chi connectivity index (χ0n) is 11.8. The number of unbranched alkanes of at least 4 members (excludes halogenated alkanes) is 3. The highest BCUT2D eigenvalue weighted by molar-refractivity contribution is 5.94. The van der Waals surface area contributed by atoms with E-state index in [9.17, 15) is 4.79 Å². The van der Waals surface area contributed by atoms with E-state index in [4.69, 9.17) is 0 Å². The maximum Gasteiger partial charge on any atom is 0.152 e. The van der Waals surface area contributed by atoms with Crippen LogP contribution in [0.15, 0.2) is 30.3 Å². The number of ketones is 1. The molecule has 1 heteroatoms. The Hall–Kier alpha value is -1.37. The lowest BCUT2D eigenvalue weighted by molar-refractivity contribution is -0.112. The van der Waals surface area contributed by atoms with Gasteiger partial charge in [-0.05, 0) is 49.5 Å². The van der Waals surface area contributed by atoms with Crippen molar-refractivity contribution in [2.75, 3.05) is 0 Å². The molecule has 1 nitrogen and oxygen atoms in total. The number of benzene rings is 1. The van der Waals surface area contributed by atoms with E-state index in [0.717, 1.165) is 17.6 Å². The molecule has 0 bridgehead atoms. The second kappa shape index (κ2) is 7.86. The monoisotopic (exact) mass is 244 g/mol. The van der Waals surface area contributed by atoms with Gasteiger partial charge in [0.15, 0.2) is 5.78 Å². The van der Waals surface area contributed by atoms with Crippen molar-refractivity contribution in [3.8, 4) is 0 Å². The maximum absolute atomic E-state index is 11.0. The van der Waals surface area contributed by atoms with Crippen LogP contribution in [0.3, 0.4) is 0 Å². The van der Waals surface area contributed by atoms with Gasteiger partial charge < -0.3 is 0 Å². The summed E-state index contributed by atoms with van der Waals surface area (Å²) in [6.07, 6.45) is 8.06. The first-order valence-corrected chi connectivity index (χ1v) is 6.91. The number of allylic oxidation sites excluding steroid dienone is 2. The van der Waals surface area contributed by atoms with Crippen molar-refractivity contribution in [1.82, 2.24) is 0 Å². The fourth-order valence-corrected chi connectivity index (χ4v) is 2.08. The third-order valence-electron chi connectivity index (χ3n) is 3.15. The van der Waals surface area contributed by atoms with E-state index in [1.54, 1.807) is 13.0 Å². The molecule has 0 spiro atoms. The van der Waals surface area contributed by atoms with Crippen molar-refractivity contribution < 1.29 is 4.79 Å². The van der Waals surface area contributed by atoms with Crippen molar-refractivity contribution in [3.05, 3.63) is 41.5 Å². The maximum atomic E-state index is 11.0. The lowest BCUT2D eigenvalue weighted by Crippen LogP contribution is -1.89. The fourth-order valence-electron chi connectivity index (χ4n) is 2.08. The number of hydrogen-bond donors (Lipinski definition) is 0. The van der Waals surface area contributed by atoms with Gasteiger partial charge in [-0.15, -0.1) is 0 Å². The van der Waals surface area contributed by atoms with Gasteiger partial charge in [0.2, 0.25) is 0 Å². The highest BCUT2D eigenvalue weighted by atomic mass is 16.1. The minimum atomic E-state index is 0.108. The summed E-state index contributed by atoms with van der Waals surface area (Å²) in [7, 11) is 0. The lowest BCUT2D eigenvalue weighted by atomic mass is 10.0. The molecule has 18 heavy (non-hydrogen) atoms. The first-order chi connectivity index (χ1) is 8.63. The van der Waals surface area contributed by atoms with Crippen LogP contribution in [0.5, 0.6) is 0 Å². The standard InChI is InChI=1S/C17H24O/c1-4-5-6-7-8-16-9-11-17(12-10-16)14(2)13-15(3)18/h9-13H,4-8H2,1-3H3/b14-13+. The van der Waals surface area contributed by atoms with E-state index in [-0.39, 0.29) is 5.78 Å². The Labute approximate surface area is 111 Å². The number of carbonyl (C=O) groups excluding carboxylic acids is 1. The van der Waals surface area contributed by atoms with Crippen LogP contribution in [-0.2, 0) is 11.2 Å². The normalized spacial score (nSPS) is 11.6. The molecule has 0 N–H and O–H groups in total. The Balaban J connectivity index is 2.54. The second-order valence-corrected chi connectivity index (χ2v) is 4.95. The van der Waals surface area contributed by atoms with Crippen LogP contribution < -0.4 is 0 Å². The molecule has 1 aromatic carbocycles. The van der Waals surface area contributed by atoms with E-state index < -0.39 is 0 Å². The number of aryl methyl sites for hydroxylation is 1.